The molecule has 0 saturated carbocycles. The van der Waals surface area contributed by atoms with Gasteiger partial charge >= 0.3 is 23.9 Å². The minimum atomic E-state index is -1.62. The molecule has 4 aromatic rings. The molecule has 256 valence electrons. The van der Waals surface area contributed by atoms with E-state index < -0.39 is 55.7 Å². The zero-order valence-corrected chi connectivity index (χ0v) is 27.5. The van der Waals surface area contributed by atoms with E-state index in [0.29, 0.717) is 0 Å². The van der Waals surface area contributed by atoms with E-state index in [4.69, 9.17) is 37.9 Å². The van der Waals surface area contributed by atoms with Crippen molar-refractivity contribution in [2.24, 2.45) is 5.41 Å². The van der Waals surface area contributed by atoms with Crippen molar-refractivity contribution < 1.29 is 57.1 Å². The number of rotatable bonds is 16. The number of benzene rings is 4. The van der Waals surface area contributed by atoms with Gasteiger partial charge in [-0.3, -0.25) is 0 Å². The van der Waals surface area contributed by atoms with E-state index in [1.807, 2.05) is 0 Å². The number of carbonyl (C=O) groups excluding carboxylic acids is 4. The highest BCUT2D eigenvalue weighted by Crippen LogP contribution is 2.28. The molecule has 0 bridgehead atoms. The van der Waals surface area contributed by atoms with Crippen molar-refractivity contribution in [1.82, 2.24) is 0 Å². The molecule has 0 aliphatic heterocycles. The Kier molecular flexibility index (Phi) is 12.6. The number of carbonyl (C=O) groups is 4. The Labute approximate surface area is 283 Å². The predicted octanol–water partition coefficient (Wildman–Crippen LogP) is 5.44. The van der Waals surface area contributed by atoms with Crippen molar-refractivity contribution in [1.29, 1.82) is 0 Å². The Morgan fingerprint density at radius 2 is 0.592 bits per heavy atom. The van der Waals surface area contributed by atoms with Crippen molar-refractivity contribution >= 4 is 23.9 Å². The zero-order valence-electron chi connectivity index (χ0n) is 27.5. The van der Waals surface area contributed by atoms with Crippen molar-refractivity contribution in [3.8, 4) is 23.0 Å². The number of methoxy groups -OCH3 is 4. The SMILES string of the molecule is COc1ccccc1C(=O)OCC(COC(=O)c1ccccc1OC)(COC(=O)c1ccccc1OC)COC(=O)c1ccccc1OC. The lowest BCUT2D eigenvalue weighted by Crippen LogP contribution is -2.44. The molecule has 4 aromatic carbocycles. The fraction of sp³-hybridized carbons (Fsp3) is 0.243. The summed E-state index contributed by atoms with van der Waals surface area (Å²) in [5.74, 6) is -2.13. The molecular formula is C37H36O12. The van der Waals surface area contributed by atoms with Crippen LogP contribution in [-0.2, 0) is 18.9 Å². The summed E-state index contributed by atoms with van der Waals surface area (Å²) < 4.78 is 44.1. The highest BCUT2D eigenvalue weighted by molar-refractivity contribution is 5.94. The van der Waals surface area contributed by atoms with Crippen molar-refractivity contribution in [2.45, 2.75) is 0 Å². The first-order chi connectivity index (χ1) is 23.8. The van der Waals surface area contributed by atoms with Crippen LogP contribution in [0, 0.1) is 5.41 Å². The average molecular weight is 673 g/mol. The summed E-state index contributed by atoms with van der Waals surface area (Å²) >= 11 is 0. The van der Waals surface area contributed by atoms with Gasteiger partial charge in [-0.1, -0.05) is 48.5 Å². The van der Waals surface area contributed by atoms with Gasteiger partial charge in [0, 0.05) is 0 Å². The molecule has 49 heavy (non-hydrogen) atoms. The summed E-state index contributed by atoms with van der Waals surface area (Å²) in [6.45, 7) is -2.11. The second-order valence-corrected chi connectivity index (χ2v) is 10.6. The number of para-hydroxylation sites is 4. The largest absolute Gasteiger partial charge is 0.496 e. The molecule has 0 aliphatic rings. The summed E-state index contributed by atoms with van der Waals surface area (Å²) in [5, 5.41) is 0. The van der Waals surface area contributed by atoms with E-state index in [9.17, 15) is 19.2 Å². The smallest absolute Gasteiger partial charge is 0.341 e. The molecule has 0 unspecified atom stereocenters. The maximum atomic E-state index is 13.3. The minimum absolute atomic E-state index is 0.113. The normalized spacial score (nSPS) is 10.7. The second-order valence-electron chi connectivity index (χ2n) is 10.6. The first kappa shape index (κ1) is 35.8. The summed E-state index contributed by atoms with van der Waals surface area (Å²) in [7, 11) is 5.62. The molecule has 0 aliphatic carbocycles. The first-order valence-corrected chi connectivity index (χ1v) is 15.0. The third-order valence-electron chi connectivity index (χ3n) is 7.35. The number of ether oxygens (including phenoxy) is 8. The Morgan fingerprint density at radius 3 is 0.796 bits per heavy atom. The highest BCUT2D eigenvalue weighted by atomic mass is 16.6. The van der Waals surface area contributed by atoms with Gasteiger partial charge in [0.05, 0.1) is 28.4 Å². The van der Waals surface area contributed by atoms with Gasteiger partial charge in [-0.2, -0.15) is 0 Å². The molecule has 12 heteroatoms. The Bertz CT molecular complexity index is 1510. The van der Waals surface area contributed by atoms with Gasteiger partial charge in [-0.25, -0.2) is 19.2 Å². The monoisotopic (exact) mass is 672 g/mol. The molecule has 0 heterocycles. The van der Waals surface area contributed by atoms with E-state index >= 15 is 0 Å². The Hall–Kier alpha value is -6.04. The Morgan fingerprint density at radius 1 is 0.388 bits per heavy atom. The maximum absolute atomic E-state index is 13.3. The van der Waals surface area contributed by atoms with Crippen LogP contribution in [0.15, 0.2) is 97.1 Å². The lowest BCUT2D eigenvalue weighted by molar-refractivity contribution is -0.0643. The van der Waals surface area contributed by atoms with E-state index in [2.05, 4.69) is 0 Å². The van der Waals surface area contributed by atoms with Crippen LogP contribution in [0.2, 0.25) is 0 Å². The molecule has 4 rings (SSSR count). The van der Waals surface area contributed by atoms with E-state index in [0.717, 1.165) is 0 Å². The summed E-state index contributed by atoms with van der Waals surface area (Å²) in [4.78, 5) is 53.3. The van der Waals surface area contributed by atoms with Gasteiger partial charge in [0.2, 0.25) is 0 Å². The first-order valence-electron chi connectivity index (χ1n) is 15.0. The molecule has 0 spiro atoms. The standard InChI is InChI=1S/C37H36O12/c1-42-29-17-9-5-13-25(29)33(38)46-21-37(22-47-34(39)26-14-6-10-18-30(26)43-2,23-48-35(40)27-15-7-11-19-31(27)44-3)24-49-36(41)28-16-8-12-20-32(28)45-4/h5-20H,21-24H2,1-4H3. The van der Waals surface area contributed by atoms with Crippen LogP contribution < -0.4 is 18.9 Å². The van der Waals surface area contributed by atoms with Gasteiger partial charge < -0.3 is 37.9 Å². The van der Waals surface area contributed by atoms with Crippen LogP contribution in [0.4, 0.5) is 0 Å². The second kappa shape index (κ2) is 17.2. The van der Waals surface area contributed by atoms with Crippen LogP contribution in [-0.4, -0.2) is 78.7 Å². The summed E-state index contributed by atoms with van der Waals surface area (Å²) in [5.41, 5.74) is -1.17. The van der Waals surface area contributed by atoms with Crippen LogP contribution in [0.25, 0.3) is 0 Å². The maximum Gasteiger partial charge on any atom is 0.341 e. The quantitative estimate of drug-likeness (QED) is 0.111. The van der Waals surface area contributed by atoms with E-state index in [-0.39, 0.29) is 45.3 Å². The predicted molar refractivity (Wildman–Crippen MR) is 176 cm³/mol. The number of hydrogen-bond donors (Lipinski definition) is 0. The van der Waals surface area contributed by atoms with E-state index in [1.54, 1.807) is 72.8 Å². The summed E-state index contributed by atoms with van der Waals surface area (Å²) in [6, 6.07) is 25.6. The minimum Gasteiger partial charge on any atom is -0.496 e. The van der Waals surface area contributed by atoms with E-state index in [1.165, 1.54) is 52.7 Å². The third-order valence-corrected chi connectivity index (χ3v) is 7.35. The highest BCUT2D eigenvalue weighted by Gasteiger charge is 2.39. The summed E-state index contributed by atoms with van der Waals surface area (Å²) in [6.07, 6.45) is 0. The van der Waals surface area contributed by atoms with Crippen molar-refractivity contribution in [2.75, 3.05) is 54.9 Å². The fourth-order valence-electron chi connectivity index (χ4n) is 4.69. The molecule has 0 amide bonds. The lowest BCUT2D eigenvalue weighted by atomic mass is 9.92. The number of esters is 4. The average Bonchev–Trinajstić information content (AvgIpc) is 3.16. The fourth-order valence-corrected chi connectivity index (χ4v) is 4.69. The lowest BCUT2D eigenvalue weighted by Gasteiger charge is -2.32. The van der Waals surface area contributed by atoms with Crippen LogP contribution in [0.5, 0.6) is 23.0 Å². The molecule has 0 aromatic heterocycles. The van der Waals surface area contributed by atoms with Crippen LogP contribution in [0.3, 0.4) is 0 Å². The van der Waals surface area contributed by atoms with Gasteiger partial charge in [0.1, 0.15) is 77.1 Å². The third kappa shape index (κ3) is 9.07. The van der Waals surface area contributed by atoms with Crippen LogP contribution in [0.1, 0.15) is 41.4 Å². The molecule has 0 N–H and O–H groups in total. The molecule has 12 nitrogen and oxygen atoms in total. The molecule has 0 fully saturated rings. The topological polar surface area (TPSA) is 142 Å². The van der Waals surface area contributed by atoms with Gasteiger partial charge in [0.25, 0.3) is 0 Å². The molecular weight excluding hydrogens is 636 g/mol. The molecule has 0 saturated heterocycles. The number of hydrogen-bond acceptors (Lipinski definition) is 12. The zero-order chi connectivity index (χ0) is 35.2. The van der Waals surface area contributed by atoms with Gasteiger partial charge in [0.15, 0.2) is 0 Å². The molecule has 0 radical (unpaired) electrons. The van der Waals surface area contributed by atoms with Crippen molar-refractivity contribution in [3.05, 3.63) is 119 Å². The Balaban J connectivity index is 1.69. The van der Waals surface area contributed by atoms with Crippen molar-refractivity contribution in [3.63, 3.8) is 0 Å². The van der Waals surface area contributed by atoms with Gasteiger partial charge in [-0.05, 0) is 48.5 Å². The van der Waals surface area contributed by atoms with Crippen LogP contribution >= 0.6 is 0 Å². The van der Waals surface area contributed by atoms with Gasteiger partial charge in [-0.15, -0.1) is 0 Å². The molecule has 0 atom stereocenters.